The normalized spacial score (nSPS) is 15.2. The molecule has 2 aromatic carbocycles. The monoisotopic (exact) mass is 506 g/mol. The lowest BCUT2D eigenvalue weighted by atomic mass is 10.0. The fourth-order valence-corrected chi connectivity index (χ4v) is 4.90. The van der Waals surface area contributed by atoms with Crippen LogP contribution in [0.25, 0.3) is 22.4 Å². The Morgan fingerprint density at radius 1 is 1.25 bits per heavy atom. The number of benzene rings is 2. The number of nitroso groups, excluding NO2 is 1. The van der Waals surface area contributed by atoms with Crippen molar-refractivity contribution < 1.29 is 5.11 Å². The summed E-state index contributed by atoms with van der Waals surface area (Å²) in [6.07, 6.45) is 2.23. The van der Waals surface area contributed by atoms with E-state index in [1.54, 1.807) is 36.5 Å². The van der Waals surface area contributed by atoms with Crippen molar-refractivity contribution in [1.82, 2.24) is 15.0 Å². The largest absolute Gasteiger partial charge is 0.387 e. The number of H-pyrrole nitrogens is 2. The number of aromatic nitrogens is 3. The molecule has 0 radical (unpaired) electrons. The van der Waals surface area contributed by atoms with Crippen LogP contribution in [-0.2, 0) is 0 Å². The predicted octanol–water partition coefficient (Wildman–Crippen LogP) is 4.76. The van der Waals surface area contributed by atoms with E-state index < -0.39 is 6.10 Å². The number of anilines is 2. The van der Waals surface area contributed by atoms with Crippen molar-refractivity contribution in [2.24, 2.45) is 5.18 Å². The van der Waals surface area contributed by atoms with E-state index in [2.05, 4.69) is 31.4 Å². The minimum absolute atomic E-state index is 0.113. The Hall–Kier alpha value is -3.69. The zero-order valence-electron chi connectivity index (χ0n) is 19.8. The quantitative estimate of drug-likeness (QED) is 0.268. The van der Waals surface area contributed by atoms with Crippen LogP contribution < -0.4 is 15.8 Å². The van der Waals surface area contributed by atoms with Crippen LogP contribution in [0.1, 0.15) is 30.1 Å². The van der Waals surface area contributed by atoms with Gasteiger partial charge in [0.2, 0.25) is 0 Å². The van der Waals surface area contributed by atoms with Crippen LogP contribution in [0, 0.1) is 11.8 Å². The molecule has 0 amide bonds. The van der Waals surface area contributed by atoms with Crippen molar-refractivity contribution in [2.45, 2.75) is 31.9 Å². The Labute approximate surface area is 212 Å². The van der Waals surface area contributed by atoms with Gasteiger partial charge in [0, 0.05) is 36.5 Å². The Kier molecular flexibility index (Phi) is 6.75. The summed E-state index contributed by atoms with van der Waals surface area (Å²) < 4.78 is 0. The molecule has 9 nitrogen and oxygen atoms in total. The van der Waals surface area contributed by atoms with Gasteiger partial charge in [0.05, 0.1) is 28.9 Å². The standard InChI is InChI=1S/C26H27ClN6O3/c1-15-11-19(33-9-6-18(32-36)7-10-33)13-21-24(15)31-25(30-21)23-20(5-8-28-26(23)35)29-14-22(34)16-3-2-4-17(27)12-16/h2-5,8,11-13,18,22,34H,6-7,9-10,14H2,1H3,(H,30,31)(H2,28,29,35). The van der Waals surface area contributed by atoms with Gasteiger partial charge in [-0.15, -0.1) is 0 Å². The van der Waals surface area contributed by atoms with Crippen LogP contribution in [0.4, 0.5) is 11.4 Å². The van der Waals surface area contributed by atoms with Crippen molar-refractivity contribution >= 4 is 34.0 Å². The number of nitrogens with one attached hydrogen (secondary N) is 3. The summed E-state index contributed by atoms with van der Waals surface area (Å²) in [7, 11) is 0. The van der Waals surface area contributed by atoms with Gasteiger partial charge >= 0.3 is 0 Å². The first kappa shape index (κ1) is 24.0. The Balaban J connectivity index is 1.43. The molecule has 0 spiro atoms. The molecule has 1 saturated heterocycles. The molecule has 4 N–H and O–H groups in total. The fourth-order valence-electron chi connectivity index (χ4n) is 4.70. The number of piperidine rings is 1. The number of hydrogen-bond acceptors (Lipinski definition) is 7. The van der Waals surface area contributed by atoms with E-state index in [0.717, 1.165) is 48.2 Å². The summed E-state index contributed by atoms with van der Waals surface area (Å²) in [6.45, 7) is 3.71. The first-order valence-corrected chi connectivity index (χ1v) is 12.3. The topological polar surface area (TPSA) is 126 Å². The Morgan fingerprint density at radius 3 is 2.81 bits per heavy atom. The Bertz CT molecular complexity index is 1460. The summed E-state index contributed by atoms with van der Waals surface area (Å²) in [5.74, 6) is 0.440. The number of rotatable bonds is 7. The van der Waals surface area contributed by atoms with Gasteiger partial charge in [0.25, 0.3) is 5.56 Å². The molecule has 3 heterocycles. The number of aliphatic hydroxyl groups is 1. The number of pyridine rings is 1. The number of hydrogen-bond donors (Lipinski definition) is 4. The number of imidazole rings is 1. The number of halogens is 1. The molecule has 1 unspecified atom stereocenters. The molecule has 1 aliphatic rings. The molecular formula is C26H27ClN6O3. The number of nitrogens with zero attached hydrogens (tertiary/aromatic N) is 3. The second-order valence-electron chi connectivity index (χ2n) is 9.12. The highest BCUT2D eigenvalue weighted by Crippen LogP contribution is 2.31. The van der Waals surface area contributed by atoms with E-state index in [0.29, 0.717) is 27.7 Å². The van der Waals surface area contributed by atoms with Gasteiger partial charge in [-0.1, -0.05) is 28.9 Å². The highest BCUT2D eigenvalue weighted by Gasteiger charge is 2.22. The van der Waals surface area contributed by atoms with Crippen LogP contribution in [0.2, 0.25) is 5.02 Å². The number of aromatic amines is 2. The molecule has 0 saturated carbocycles. The minimum Gasteiger partial charge on any atom is -0.387 e. The second-order valence-corrected chi connectivity index (χ2v) is 9.55. The van der Waals surface area contributed by atoms with Crippen molar-refractivity contribution in [3.8, 4) is 11.4 Å². The van der Waals surface area contributed by atoms with E-state index in [4.69, 9.17) is 16.6 Å². The summed E-state index contributed by atoms with van der Waals surface area (Å²) in [5.41, 5.74) is 4.95. The lowest BCUT2D eigenvalue weighted by Gasteiger charge is -2.31. The van der Waals surface area contributed by atoms with Crippen LogP contribution in [-0.4, -0.2) is 45.7 Å². The number of aryl methyl sites for hydroxylation is 1. The molecule has 2 aromatic heterocycles. The van der Waals surface area contributed by atoms with Gasteiger partial charge in [0.15, 0.2) is 0 Å². The van der Waals surface area contributed by atoms with Gasteiger partial charge in [0.1, 0.15) is 11.4 Å². The molecular weight excluding hydrogens is 480 g/mol. The highest BCUT2D eigenvalue weighted by molar-refractivity contribution is 6.30. The molecule has 4 aromatic rings. The zero-order valence-corrected chi connectivity index (χ0v) is 20.5. The molecule has 0 bridgehead atoms. The van der Waals surface area contributed by atoms with E-state index in [9.17, 15) is 14.8 Å². The van der Waals surface area contributed by atoms with Crippen molar-refractivity contribution in [2.75, 3.05) is 29.9 Å². The number of fused-ring (bicyclic) bond motifs is 1. The third-order valence-electron chi connectivity index (χ3n) is 6.66. The summed E-state index contributed by atoms with van der Waals surface area (Å²) in [4.78, 5) is 36.7. The van der Waals surface area contributed by atoms with Gasteiger partial charge in [-0.3, -0.25) is 4.79 Å². The molecule has 1 atom stereocenters. The first-order chi connectivity index (χ1) is 17.4. The van der Waals surface area contributed by atoms with Crippen molar-refractivity contribution in [1.29, 1.82) is 0 Å². The van der Waals surface area contributed by atoms with Crippen LogP contribution >= 0.6 is 11.6 Å². The summed E-state index contributed by atoms with van der Waals surface area (Å²) in [6, 6.07) is 12.8. The molecule has 10 heteroatoms. The minimum atomic E-state index is -0.810. The maximum absolute atomic E-state index is 12.9. The van der Waals surface area contributed by atoms with Gasteiger partial charge < -0.3 is 25.3 Å². The molecule has 186 valence electrons. The van der Waals surface area contributed by atoms with E-state index in [-0.39, 0.29) is 18.1 Å². The third-order valence-corrected chi connectivity index (χ3v) is 6.89. The maximum atomic E-state index is 12.9. The second kappa shape index (κ2) is 10.1. The average molecular weight is 507 g/mol. The maximum Gasteiger partial charge on any atom is 0.261 e. The fraction of sp³-hybridized carbons (Fsp3) is 0.308. The summed E-state index contributed by atoms with van der Waals surface area (Å²) in [5, 5.41) is 17.5. The molecule has 0 aliphatic carbocycles. The average Bonchev–Trinajstić information content (AvgIpc) is 3.31. The van der Waals surface area contributed by atoms with Crippen molar-refractivity contribution in [3.05, 3.63) is 80.1 Å². The van der Waals surface area contributed by atoms with Crippen LogP contribution in [0.3, 0.4) is 0 Å². The van der Waals surface area contributed by atoms with Gasteiger partial charge in [-0.25, -0.2) is 4.98 Å². The van der Waals surface area contributed by atoms with Crippen LogP contribution in [0.5, 0.6) is 0 Å². The first-order valence-electron chi connectivity index (χ1n) is 11.9. The van der Waals surface area contributed by atoms with E-state index in [1.807, 2.05) is 13.0 Å². The molecule has 5 rings (SSSR count). The Morgan fingerprint density at radius 2 is 2.06 bits per heavy atom. The smallest absolute Gasteiger partial charge is 0.261 e. The highest BCUT2D eigenvalue weighted by atomic mass is 35.5. The molecule has 1 aliphatic heterocycles. The third kappa shape index (κ3) is 4.84. The SMILES string of the molecule is Cc1cc(N2CCC(N=O)CC2)cc2[nH]c(-c3c(NCC(O)c4cccc(Cl)c4)cc[nH]c3=O)nc12. The molecule has 1 fully saturated rings. The number of aliphatic hydroxyl groups excluding tert-OH is 1. The zero-order chi connectivity index (χ0) is 25.2. The van der Waals surface area contributed by atoms with Crippen molar-refractivity contribution in [3.63, 3.8) is 0 Å². The predicted molar refractivity (Wildman–Crippen MR) is 143 cm³/mol. The lowest BCUT2D eigenvalue weighted by Crippen LogP contribution is -2.35. The van der Waals surface area contributed by atoms with Gasteiger partial charge in [-0.2, -0.15) is 4.91 Å². The van der Waals surface area contributed by atoms with E-state index >= 15 is 0 Å². The molecule has 36 heavy (non-hydrogen) atoms. The van der Waals surface area contributed by atoms with Gasteiger partial charge in [-0.05, 0) is 61.2 Å². The lowest BCUT2D eigenvalue weighted by molar-refractivity contribution is 0.191. The van der Waals surface area contributed by atoms with E-state index in [1.165, 1.54) is 0 Å². The summed E-state index contributed by atoms with van der Waals surface area (Å²) >= 11 is 6.05. The van der Waals surface area contributed by atoms with Crippen LogP contribution in [0.15, 0.2) is 58.6 Å².